The number of allylic oxidation sites excluding steroid dienone is 4. The Morgan fingerprint density at radius 3 is 1.52 bits per heavy atom. The lowest BCUT2D eigenvalue weighted by atomic mass is 9.98. The van der Waals surface area contributed by atoms with E-state index in [4.69, 9.17) is 19.4 Å². The number of esters is 2. The zero-order valence-corrected chi connectivity index (χ0v) is 34.1. The van der Waals surface area contributed by atoms with E-state index in [1.165, 1.54) is 21.5 Å². The Morgan fingerprint density at radius 2 is 1.05 bits per heavy atom. The van der Waals surface area contributed by atoms with Gasteiger partial charge in [-0.25, -0.2) is 29.1 Å². The van der Waals surface area contributed by atoms with Gasteiger partial charge in [-0.1, -0.05) is 0 Å². The molecule has 8 bridgehead atoms. The monoisotopic (exact) mass is 816 g/mol. The molecule has 310 valence electrons. The van der Waals surface area contributed by atoms with Crippen molar-refractivity contribution in [1.29, 1.82) is 0 Å². The van der Waals surface area contributed by atoms with E-state index in [0.29, 0.717) is 47.3 Å². The fraction of sp³-hybridized carbons (Fsp3) is 0.333. The van der Waals surface area contributed by atoms with Crippen LogP contribution in [0.25, 0.3) is 44.4 Å². The summed E-state index contributed by atoms with van der Waals surface area (Å²) in [5, 5.41) is 22.8. The highest BCUT2D eigenvalue weighted by Gasteiger charge is 2.24. The van der Waals surface area contributed by atoms with Crippen molar-refractivity contribution in [2.45, 2.75) is 80.3 Å². The number of nitro groups is 2. The highest BCUT2D eigenvalue weighted by Crippen LogP contribution is 2.37. The van der Waals surface area contributed by atoms with Gasteiger partial charge in [0.25, 0.3) is 0 Å². The van der Waals surface area contributed by atoms with Crippen molar-refractivity contribution < 1.29 is 28.9 Å². The average Bonchev–Trinajstić information content (AvgIpc) is 4.03. The number of fused-ring (bicyclic) bond motifs is 8. The Balaban J connectivity index is 1.19. The third kappa shape index (κ3) is 8.62. The van der Waals surface area contributed by atoms with Crippen LogP contribution in [0.5, 0.6) is 0 Å². The number of hydrogen-bond acceptors (Lipinski definition) is 12. The molecule has 7 heterocycles. The van der Waals surface area contributed by atoms with Crippen LogP contribution in [-0.4, -0.2) is 74.0 Å². The Kier molecular flexibility index (Phi) is 11.5. The van der Waals surface area contributed by atoms with Crippen molar-refractivity contribution in [2.75, 3.05) is 13.2 Å². The number of nitrogens with zero attached hydrogens (tertiary/aromatic N) is 8. The van der Waals surface area contributed by atoms with Gasteiger partial charge in [0.2, 0.25) is 0 Å². The maximum atomic E-state index is 13.1. The summed E-state index contributed by atoms with van der Waals surface area (Å²) in [6, 6.07) is 12.0. The molecule has 2 aliphatic heterocycles. The van der Waals surface area contributed by atoms with Gasteiger partial charge in [-0.2, -0.15) is 0 Å². The van der Waals surface area contributed by atoms with Gasteiger partial charge in [0.05, 0.1) is 22.8 Å². The molecule has 5 aromatic heterocycles. The topological polar surface area (TPSA) is 232 Å². The lowest BCUT2D eigenvalue weighted by molar-refractivity contribution is -0.392. The van der Waals surface area contributed by atoms with E-state index < -0.39 is 21.8 Å². The number of carbonyl (C=O) groups is 2. The van der Waals surface area contributed by atoms with Gasteiger partial charge in [-0.05, 0) is 120 Å². The van der Waals surface area contributed by atoms with E-state index in [0.717, 1.165) is 55.5 Å². The maximum Gasteiger partial charge on any atom is 0.342 e. The minimum absolute atomic E-state index is 0.0275. The summed E-state index contributed by atoms with van der Waals surface area (Å²) in [5.41, 5.74) is 11.7. The van der Waals surface area contributed by atoms with Crippen LogP contribution in [0.4, 0.5) is 11.6 Å². The second-order valence-electron chi connectivity index (χ2n) is 14.8. The van der Waals surface area contributed by atoms with Gasteiger partial charge < -0.3 is 39.7 Å². The second kappa shape index (κ2) is 16.9. The van der Waals surface area contributed by atoms with Crippen molar-refractivity contribution in [3.05, 3.63) is 115 Å². The van der Waals surface area contributed by atoms with Crippen LogP contribution in [0.1, 0.15) is 85.1 Å². The number of carbonyl (C=O) groups excluding carboxylic acids is 2. The highest BCUT2D eigenvalue weighted by atomic mass is 16.6. The summed E-state index contributed by atoms with van der Waals surface area (Å²) in [7, 11) is 0. The molecule has 2 N–H and O–H groups in total. The first-order valence-corrected chi connectivity index (χ1v) is 19.4. The molecule has 18 heteroatoms. The summed E-state index contributed by atoms with van der Waals surface area (Å²) in [6.45, 7) is 11.3. The van der Waals surface area contributed by atoms with Gasteiger partial charge in [0, 0.05) is 48.8 Å². The lowest BCUT2D eigenvalue weighted by Gasteiger charge is -2.08. The van der Waals surface area contributed by atoms with Crippen molar-refractivity contribution in [1.82, 2.24) is 39.0 Å². The van der Waals surface area contributed by atoms with Crippen LogP contribution in [-0.2, 0) is 32.2 Å². The summed E-state index contributed by atoms with van der Waals surface area (Å²) in [4.78, 5) is 73.1. The molecule has 5 aromatic rings. The van der Waals surface area contributed by atoms with Gasteiger partial charge in [-0.3, -0.25) is 9.59 Å². The average molecular weight is 817 g/mol. The molecule has 0 atom stereocenters. The summed E-state index contributed by atoms with van der Waals surface area (Å²) >= 11 is 0. The number of rotatable bonds is 14. The highest BCUT2D eigenvalue weighted by molar-refractivity contribution is 5.96. The van der Waals surface area contributed by atoms with Crippen LogP contribution in [0, 0.1) is 47.9 Å². The number of ether oxygens (including phenoxy) is 2. The Hall–Kier alpha value is -7.24. The molecule has 0 saturated carbocycles. The molecule has 0 saturated heterocycles. The van der Waals surface area contributed by atoms with Crippen LogP contribution in [0.2, 0.25) is 0 Å². The lowest BCUT2D eigenvalue weighted by Crippen LogP contribution is -2.13. The van der Waals surface area contributed by atoms with Crippen molar-refractivity contribution >= 4 is 67.9 Å². The number of nitrogens with one attached hydrogen (secondary N) is 2. The van der Waals surface area contributed by atoms with E-state index in [9.17, 15) is 29.8 Å². The molecule has 0 aromatic carbocycles. The van der Waals surface area contributed by atoms with Crippen molar-refractivity contribution in [3.63, 3.8) is 0 Å². The van der Waals surface area contributed by atoms with E-state index in [1.807, 2.05) is 45.9 Å². The Morgan fingerprint density at radius 1 is 0.617 bits per heavy atom. The number of aromatic amines is 2. The van der Waals surface area contributed by atoms with Gasteiger partial charge in [0.15, 0.2) is 11.6 Å². The smallest absolute Gasteiger partial charge is 0.342 e. The molecule has 60 heavy (non-hydrogen) atoms. The minimum atomic E-state index is -0.527. The predicted molar refractivity (Wildman–Crippen MR) is 223 cm³/mol. The first kappa shape index (κ1) is 40.9. The van der Waals surface area contributed by atoms with Crippen LogP contribution in [0.3, 0.4) is 0 Å². The first-order valence-electron chi connectivity index (χ1n) is 19.4. The number of aromatic nitrogens is 8. The van der Waals surface area contributed by atoms with Crippen LogP contribution in [0.15, 0.2) is 48.8 Å². The quantitative estimate of drug-likeness (QED) is 0.0625. The second-order valence-corrected chi connectivity index (χ2v) is 14.8. The van der Waals surface area contributed by atoms with E-state index >= 15 is 0 Å². The predicted octanol–water partition coefficient (Wildman–Crippen LogP) is 7.67. The molecule has 0 unspecified atom stereocenters. The number of hydrogen-bond donors (Lipinski definition) is 2. The SMILES string of the molecule is CC1=C(CCC(=O)OCCn2c([N+](=O)[O-])cnc2C)c2cc3nc(cc4[nH]c(cc4C)cc4[nH]c(cc1n2)cc4C)C(C)=C3CCC(=O)OCCn1c([N+](=O)[O-])cnc1C. The molecule has 7 rings (SSSR count). The molecule has 18 nitrogen and oxygen atoms in total. The number of H-pyrrole nitrogens is 2. The fourth-order valence-electron chi connectivity index (χ4n) is 7.49. The van der Waals surface area contributed by atoms with E-state index in [-0.39, 0.29) is 50.8 Å². The van der Waals surface area contributed by atoms with Gasteiger partial charge >= 0.3 is 23.6 Å². The Bertz CT molecular complexity index is 2800. The molecular formula is C42H44N10O8. The minimum Gasteiger partial charge on any atom is -0.461 e. The van der Waals surface area contributed by atoms with Gasteiger partial charge in [-0.15, -0.1) is 0 Å². The summed E-state index contributed by atoms with van der Waals surface area (Å²) in [5.74, 6) is -0.404. The molecule has 0 amide bonds. The zero-order valence-electron chi connectivity index (χ0n) is 34.1. The maximum absolute atomic E-state index is 13.1. The largest absolute Gasteiger partial charge is 0.461 e. The first-order chi connectivity index (χ1) is 28.7. The van der Waals surface area contributed by atoms with Crippen LogP contribution >= 0.6 is 0 Å². The standard InChI is InChI=1S/C42H44N10O8/c1-23-15-30-18-35-25(3)31(7-9-41(53)59-13-11-49-27(5)43-21-39(49)51(55)56)37(47-35)20-38-32(8-10-42(54)60-14-12-50-28(6)44-22-40(50)52(57)58)26(4)36(48-38)19-34-24(2)16-29(46-34)17-33(23)45-30/h15-22,45-46H,7-14H2,1-6H3. The Labute approximate surface area is 343 Å². The zero-order chi connectivity index (χ0) is 42.8. The van der Waals surface area contributed by atoms with Crippen LogP contribution < -0.4 is 0 Å². The third-order valence-electron chi connectivity index (χ3n) is 10.8. The molecule has 0 aliphatic carbocycles. The summed E-state index contributed by atoms with van der Waals surface area (Å²) < 4.78 is 13.8. The summed E-state index contributed by atoms with van der Waals surface area (Å²) in [6.07, 6.45) is 3.00. The fourth-order valence-corrected chi connectivity index (χ4v) is 7.49. The number of aryl methyl sites for hydroxylation is 4. The molecule has 0 spiro atoms. The van der Waals surface area contributed by atoms with Crippen molar-refractivity contribution in [3.8, 4) is 0 Å². The molecule has 0 radical (unpaired) electrons. The van der Waals surface area contributed by atoms with Crippen molar-refractivity contribution in [2.24, 2.45) is 0 Å². The van der Waals surface area contributed by atoms with E-state index in [2.05, 4.69) is 38.1 Å². The molecule has 0 fully saturated rings. The van der Waals surface area contributed by atoms with E-state index in [1.54, 1.807) is 13.8 Å². The number of imidazole rings is 2. The molecular weight excluding hydrogens is 773 g/mol. The third-order valence-corrected chi connectivity index (χ3v) is 10.8. The molecule has 2 aliphatic rings. The van der Waals surface area contributed by atoms with Gasteiger partial charge in [0.1, 0.15) is 38.7 Å². The normalized spacial score (nSPS) is 12.6.